The highest BCUT2D eigenvalue weighted by Crippen LogP contribution is 2.44. The van der Waals surface area contributed by atoms with Gasteiger partial charge in [0, 0.05) is 216 Å². The number of carbonyl (C=O) groups excluding carboxylic acids is 1. The van der Waals surface area contributed by atoms with Gasteiger partial charge in [-0.15, -0.1) is 0 Å². The van der Waals surface area contributed by atoms with E-state index in [2.05, 4.69) is 16.9 Å². The number of hydrogen-bond donors (Lipinski definition) is 2. The number of hydrogen-bond acceptors (Lipinski definition) is 7. The summed E-state index contributed by atoms with van der Waals surface area (Å²) in [7, 11) is -1.57. The Balaban J connectivity index is -0.0000000873. The fraction of sp³-hybridized carbons (Fsp3) is 0.429. The topological polar surface area (TPSA) is 123 Å². The highest BCUT2D eigenvalue weighted by atomic mass is 20.0. The minimum absolute atomic E-state index is 0.0147. The number of aromatic nitrogens is 2. The van der Waals surface area contributed by atoms with Crippen LogP contribution in [0, 0.1) is 37.2 Å². The first-order chi connectivity index (χ1) is 42.0. The molecule has 10 nitrogen and oxygen atoms in total. The summed E-state index contributed by atoms with van der Waals surface area (Å²) in [6.45, 7) is 6.33. The van der Waals surface area contributed by atoms with Gasteiger partial charge in [-0.3, -0.25) is 9.59 Å². The lowest BCUT2D eigenvalue weighted by Crippen LogP contribution is -2.33. The van der Waals surface area contributed by atoms with Gasteiger partial charge in [-0.25, -0.2) is 40.2 Å². The normalized spacial score (nSPS) is 15.3. The van der Waals surface area contributed by atoms with Crippen LogP contribution < -0.4 is 21.1 Å². The van der Waals surface area contributed by atoms with Crippen LogP contribution in [0.15, 0.2) is 34.1 Å². The van der Waals surface area contributed by atoms with Gasteiger partial charge in [0.2, 0.25) is 10.9 Å². The predicted molar refractivity (Wildman–Crippen MR) is 220 cm³/mol. The van der Waals surface area contributed by atoms with Crippen LogP contribution in [0.4, 0.5) is 192 Å². The number of aryl methyl sites for hydroxylation is 2. The largest absolute Gasteiger partial charge is 0.798 e. The lowest BCUT2D eigenvalue weighted by Gasteiger charge is -2.24. The molecule has 4 aromatic rings. The molecule has 0 spiro atoms. The van der Waals surface area contributed by atoms with Crippen LogP contribution in [0.3, 0.4) is 0 Å². The third-order valence-electron chi connectivity index (χ3n) is 10.3. The Hall–Kier alpha value is -7.25. The second-order valence-corrected chi connectivity index (χ2v) is 13.6. The third-order valence-corrected chi connectivity index (χ3v) is 10.3. The standard InChI is InChI=1S/C21H25F2N3O3.C14H9BF5NO3.17F2/c1-4-11-7-25(9-16(11)24-3)19-10(2)18-12(5-15(19)23)20(27)13(21(28)29)8-26(18)17-6-14(17)22;1-5-11(18)9(17)2-6-12(5)21(10-3-8(10)16)4-7(13(6)22)14(23)24-15(19)20;17*1-2/h5,8,11,14,16-17,24H,4,6-7,9H2,1-3H3,(H,28,29);2,4,8,10H,3H2,1H3;;;;;;;;;;;;;;;;;/t11-,14-,16+,17+;8-,10+;;;;;;;;;;;;;;;;;/m00................./s1. The van der Waals surface area contributed by atoms with E-state index in [0.29, 0.717) is 41.8 Å². The van der Waals surface area contributed by atoms with E-state index in [9.17, 15) is 50.5 Å². The smallest absolute Gasteiger partial charge is 0.477 e. The van der Waals surface area contributed by atoms with E-state index >= 15 is 4.39 Å². The fourth-order valence-corrected chi connectivity index (χ4v) is 7.35. The molecule has 6 atom stereocenters. The van der Waals surface area contributed by atoms with Crippen LogP contribution >= 0.6 is 0 Å². The summed E-state index contributed by atoms with van der Waals surface area (Å²) in [6, 6.07) is 0.581. The number of anilines is 1. The SMILES string of the molecule is CC[C@H]1CN(c2c(F)cc3c(=O)c(C(=O)O)cn([C@@H]4C[C@@H]4F)c3c2C)C[C@H]1NC.Cc1c(F)c(F)cc2c(=O)c(C(=O)OB(F)F)cn([C@@H]3C[C@@H]3F)c12.FF.FF.FF.FF.FF.FF.FF.FF.FF.FF.FF.FF.FF.FF.FF.FF.FF. The van der Waals surface area contributed by atoms with E-state index in [1.165, 1.54) is 17.7 Å². The van der Waals surface area contributed by atoms with Crippen molar-refractivity contribution in [2.45, 2.75) is 70.5 Å². The molecule has 520 valence electrons. The number of benzene rings is 2. The summed E-state index contributed by atoms with van der Waals surface area (Å²) >= 11 is 0. The van der Waals surface area contributed by atoms with Crippen LogP contribution in [-0.2, 0) is 4.65 Å². The summed E-state index contributed by atoms with van der Waals surface area (Å²) in [6.07, 6.45) is 0.911. The van der Waals surface area contributed by atoms with Gasteiger partial charge < -0.3 is 29.1 Å². The zero-order valence-electron chi connectivity index (χ0n) is 41.7. The van der Waals surface area contributed by atoms with Gasteiger partial charge >= 0.3 is 19.4 Å². The van der Waals surface area contributed by atoms with E-state index < -0.39 is 88.7 Å². The maximum absolute atomic E-state index is 15.2. The molecule has 2 aromatic heterocycles. The number of rotatable bonds is 8. The van der Waals surface area contributed by atoms with Crippen molar-refractivity contribution in [2.24, 2.45) is 5.92 Å². The van der Waals surface area contributed by atoms with E-state index in [4.69, 9.17) is 156 Å². The van der Waals surface area contributed by atoms with E-state index in [-0.39, 0.29) is 35.3 Å². The molecule has 1 aliphatic heterocycles. The number of carboxylic acid groups (broad SMARTS) is 1. The molecular formula is C35H34BF41N4O6. The Morgan fingerprint density at radius 1 is 0.552 bits per heavy atom. The predicted octanol–water partition coefficient (Wildman–Crippen LogP) is 20.1. The van der Waals surface area contributed by atoms with Gasteiger partial charge in [-0.2, -0.15) is 0 Å². The highest BCUT2D eigenvalue weighted by molar-refractivity contribution is 6.38. The molecule has 0 radical (unpaired) electrons. The Morgan fingerprint density at radius 2 is 0.862 bits per heavy atom. The molecule has 0 bridgehead atoms. The van der Waals surface area contributed by atoms with Gasteiger partial charge in [0.1, 0.15) is 29.3 Å². The molecule has 0 amide bonds. The molecule has 2 aromatic carbocycles. The molecule has 7 rings (SSSR count). The highest BCUT2D eigenvalue weighted by Gasteiger charge is 2.42. The molecule has 3 heterocycles. The Morgan fingerprint density at radius 3 is 1.15 bits per heavy atom. The summed E-state index contributed by atoms with van der Waals surface area (Å²) < 4.78 is 373. The first kappa shape index (κ1) is 108. The van der Waals surface area contributed by atoms with Crippen molar-refractivity contribution in [1.29, 1.82) is 0 Å². The zero-order chi connectivity index (χ0) is 72.8. The fourth-order valence-electron chi connectivity index (χ4n) is 7.35. The number of carbonyl (C=O) groups is 2. The second kappa shape index (κ2) is 71.2. The molecule has 3 aliphatic rings. The minimum atomic E-state index is -3.46. The number of nitrogens with zero attached hydrogens (tertiary/aromatic N) is 3. The Labute approximate surface area is 453 Å². The van der Waals surface area contributed by atoms with Crippen molar-refractivity contribution in [1.82, 2.24) is 14.5 Å². The molecule has 1 saturated heterocycles. The van der Waals surface area contributed by atoms with Gasteiger partial charge in [0.05, 0.1) is 28.8 Å². The van der Waals surface area contributed by atoms with Crippen LogP contribution in [0.5, 0.6) is 0 Å². The van der Waals surface area contributed by atoms with Crippen LogP contribution in [0.2, 0.25) is 0 Å². The van der Waals surface area contributed by atoms with Gasteiger partial charge in [-0.1, -0.05) is 13.3 Å². The number of halogens is 41. The number of fused-ring (bicyclic) bond motifs is 2. The summed E-state index contributed by atoms with van der Waals surface area (Å²) in [4.78, 5) is 50.1. The van der Waals surface area contributed by atoms with Gasteiger partial charge in [0.25, 0.3) is 0 Å². The van der Waals surface area contributed by atoms with Crippen LogP contribution in [0.1, 0.15) is 70.1 Å². The van der Waals surface area contributed by atoms with E-state index in [0.717, 1.165) is 23.3 Å². The quantitative estimate of drug-likeness (QED) is 0.132. The number of aromatic carboxylic acids is 1. The number of alkyl halides is 2. The van der Waals surface area contributed by atoms with Crippen molar-refractivity contribution >= 4 is 46.9 Å². The molecule has 52 heteroatoms. The maximum atomic E-state index is 15.2. The number of carboxylic acids is 1. The Bertz CT molecular complexity index is 2330. The van der Waals surface area contributed by atoms with Crippen molar-refractivity contribution < 1.29 is 205 Å². The molecule has 2 saturated carbocycles. The molecule has 2 aliphatic carbocycles. The van der Waals surface area contributed by atoms with Crippen LogP contribution in [0.25, 0.3) is 21.8 Å². The van der Waals surface area contributed by atoms with Crippen molar-refractivity contribution in [3.05, 3.63) is 84.7 Å². The molecule has 87 heavy (non-hydrogen) atoms. The van der Waals surface area contributed by atoms with E-state index in [1.807, 2.05) is 11.9 Å². The lowest BCUT2D eigenvalue weighted by atomic mass is 10.0. The van der Waals surface area contributed by atoms with Crippen LogP contribution in [-0.4, -0.2) is 72.2 Å². The molecule has 0 unspecified atom stereocenters. The number of likely N-dealkylation sites (N-methyl/N-ethyl adjacent to an activating group) is 1. The average Bonchev–Trinajstić information content (AvgIpc) is 2.40. The first-order valence-corrected chi connectivity index (χ1v) is 19.3. The second-order valence-electron chi connectivity index (χ2n) is 13.6. The Kier molecular flexibility index (Phi) is 88.2. The van der Waals surface area contributed by atoms with Crippen molar-refractivity contribution in [2.75, 3.05) is 25.0 Å². The number of pyridine rings is 2. The van der Waals surface area contributed by atoms with Gasteiger partial charge in [-0.05, 0) is 44.5 Å². The summed E-state index contributed by atoms with van der Waals surface area (Å²) in [5.41, 5.74) is -2.06. The molecule has 2 N–H and O–H groups in total. The van der Waals surface area contributed by atoms with Gasteiger partial charge in [0.15, 0.2) is 11.6 Å². The summed E-state index contributed by atoms with van der Waals surface area (Å²) in [5.74, 6) is -5.76. The van der Waals surface area contributed by atoms with Crippen molar-refractivity contribution in [3.8, 4) is 0 Å². The molecule has 3 fully saturated rings. The zero-order valence-corrected chi connectivity index (χ0v) is 41.7. The monoisotopic (exact) mass is 1400 g/mol. The third kappa shape index (κ3) is 34.0. The molecular weight excluding hydrogens is 1360 g/mol. The first-order valence-electron chi connectivity index (χ1n) is 19.3. The maximum Gasteiger partial charge on any atom is 0.798 e. The summed E-state index contributed by atoms with van der Waals surface area (Å²) in [5, 5.41) is 12.2. The minimum Gasteiger partial charge on any atom is -0.477 e. The number of nitrogens with one attached hydrogen (secondary N) is 1. The van der Waals surface area contributed by atoms with Crippen molar-refractivity contribution in [3.63, 3.8) is 0 Å². The lowest BCUT2D eigenvalue weighted by molar-refractivity contribution is 0.0682. The average molecular weight is 1400 g/mol. The van der Waals surface area contributed by atoms with E-state index in [1.54, 1.807) is 6.92 Å².